The molecule has 4 nitrogen and oxygen atoms in total. The average molecular weight is 303 g/mol. The standard InChI is InChI=1S/C18H25NO3/c1-3-16-13-9-14(13)17(19(16)2)11-22-18(21)15(10-20)12-7-5-4-6-8-12/h4-8,13-17,20H,3,9-11H2,1-2H3/t13-,14+,15+,16?,17?/m0/s1. The number of likely N-dealkylation sites (tertiary alicyclic amines) is 1. The smallest absolute Gasteiger partial charge is 0.315 e. The zero-order chi connectivity index (χ0) is 15.7. The quantitative estimate of drug-likeness (QED) is 0.817. The predicted octanol–water partition coefficient (Wildman–Crippen LogP) is 2.03. The van der Waals surface area contributed by atoms with E-state index in [1.807, 2.05) is 30.3 Å². The molecule has 5 atom stereocenters. The minimum absolute atomic E-state index is 0.215. The summed E-state index contributed by atoms with van der Waals surface area (Å²) in [5, 5.41) is 9.52. The van der Waals surface area contributed by atoms with Crippen molar-refractivity contribution in [2.24, 2.45) is 11.8 Å². The van der Waals surface area contributed by atoms with Crippen LogP contribution in [0.4, 0.5) is 0 Å². The predicted molar refractivity (Wildman–Crippen MR) is 84.5 cm³/mol. The first-order valence-corrected chi connectivity index (χ1v) is 8.21. The van der Waals surface area contributed by atoms with Gasteiger partial charge in [-0.3, -0.25) is 9.69 Å². The number of esters is 1. The lowest BCUT2D eigenvalue weighted by Gasteiger charge is -2.29. The number of aliphatic hydroxyl groups excluding tert-OH is 1. The number of aliphatic hydroxyl groups is 1. The van der Waals surface area contributed by atoms with Gasteiger partial charge in [0.25, 0.3) is 0 Å². The lowest BCUT2D eigenvalue weighted by molar-refractivity contribution is -0.148. The van der Waals surface area contributed by atoms with Gasteiger partial charge in [0, 0.05) is 12.1 Å². The van der Waals surface area contributed by atoms with E-state index in [0.29, 0.717) is 24.6 Å². The number of nitrogens with zero attached hydrogens (tertiary/aromatic N) is 1. The largest absolute Gasteiger partial charge is 0.463 e. The molecule has 2 fully saturated rings. The zero-order valence-corrected chi connectivity index (χ0v) is 13.3. The van der Waals surface area contributed by atoms with Gasteiger partial charge >= 0.3 is 5.97 Å². The van der Waals surface area contributed by atoms with Crippen LogP contribution in [0.3, 0.4) is 0 Å². The molecule has 1 N–H and O–H groups in total. The number of fused-ring (bicyclic) bond motifs is 1. The Hall–Kier alpha value is -1.39. The van der Waals surface area contributed by atoms with Crippen molar-refractivity contribution in [2.45, 2.75) is 37.8 Å². The summed E-state index contributed by atoms with van der Waals surface area (Å²) in [6.45, 7) is 2.45. The van der Waals surface area contributed by atoms with Crippen molar-refractivity contribution in [3.05, 3.63) is 35.9 Å². The Labute approximate surface area is 132 Å². The Morgan fingerprint density at radius 3 is 2.59 bits per heavy atom. The fourth-order valence-electron chi connectivity index (χ4n) is 4.07. The first kappa shape index (κ1) is 15.5. The fourth-order valence-corrected chi connectivity index (χ4v) is 4.07. The van der Waals surface area contributed by atoms with Crippen LogP contribution in [0.25, 0.3) is 0 Å². The molecule has 2 aliphatic rings. The van der Waals surface area contributed by atoms with E-state index >= 15 is 0 Å². The first-order chi connectivity index (χ1) is 10.7. The van der Waals surface area contributed by atoms with Crippen LogP contribution in [-0.4, -0.2) is 48.3 Å². The lowest BCUT2D eigenvalue weighted by Crippen LogP contribution is -2.39. The van der Waals surface area contributed by atoms with Gasteiger partial charge in [-0.05, 0) is 37.3 Å². The van der Waals surface area contributed by atoms with E-state index in [1.165, 1.54) is 6.42 Å². The second-order valence-electron chi connectivity index (χ2n) is 6.55. The summed E-state index contributed by atoms with van der Waals surface area (Å²) in [5.41, 5.74) is 0.811. The summed E-state index contributed by atoms with van der Waals surface area (Å²) in [6, 6.07) is 10.3. The number of benzene rings is 1. The number of hydrogen-bond donors (Lipinski definition) is 1. The third kappa shape index (κ3) is 2.77. The van der Waals surface area contributed by atoms with Crippen LogP contribution in [0.1, 0.15) is 31.2 Å². The normalized spacial score (nSPS) is 31.6. The maximum absolute atomic E-state index is 12.3. The molecule has 1 aromatic rings. The number of piperidine rings is 1. The summed E-state index contributed by atoms with van der Waals surface area (Å²) in [4.78, 5) is 14.7. The molecular formula is C18H25NO3. The molecule has 1 saturated heterocycles. The highest BCUT2D eigenvalue weighted by Crippen LogP contribution is 2.53. The van der Waals surface area contributed by atoms with Crippen molar-refractivity contribution in [2.75, 3.05) is 20.3 Å². The molecular weight excluding hydrogens is 278 g/mol. The molecule has 4 heteroatoms. The second kappa shape index (κ2) is 6.39. The third-order valence-electron chi connectivity index (χ3n) is 5.41. The Morgan fingerprint density at radius 1 is 1.32 bits per heavy atom. The Morgan fingerprint density at radius 2 is 2.00 bits per heavy atom. The maximum atomic E-state index is 12.3. The van der Waals surface area contributed by atoms with Crippen molar-refractivity contribution in [1.29, 1.82) is 0 Å². The Balaban J connectivity index is 1.58. The van der Waals surface area contributed by atoms with Gasteiger partial charge in [-0.1, -0.05) is 37.3 Å². The number of hydrogen-bond acceptors (Lipinski definition) is 4. The number of carbonyl (C=O) groups is 1. The van der Waals surface area contributed by atoms with Gasteiger partial charge in [0.05, 0.1) is 6.61 Å². The second-order valence-corrected chi connectivity index (χ2v) is 6.55. The summed E-state index contributed by atoms with van der Waals surface area (Å²) < 4.78 is 5.55. The van der Waals surface area contributed by atoms with E-state index in [2.05, 4.69) is 18.9 Å². The van der Waals surface area contributed by atoms with Crippen molar-refractivity contribution in [3.8, 4) is 0 Å². The molecule has 0 amide bonds. The van der Waals surface area contributed by atoms with Gasteiger partial charge in [-0.2, -0.15) is 0 Å². The number of carbonyl (C=O) groups excluding carboxylic acids is 1. The molecule has 0 bridgehead atoms. The molecule has 1 saturated carbocycles. The summed E-state index contributed by atoms with van der Waals surface area (Å²) in [5.74, 6) is 0.581. The molecule has 0 radical (unpaired) electrons. The van der Waals surface area contributed by atoms with Crippen molar-refractivity contribution >= 4 is 5.97 Å². The van der Waals surface area contributed by atoms with Crippen LogP contribution < -0.4 is 0 Å². The summed E-state index contributed by atoms with van der Waals surface area (Å²) >= 11 is 0. The molecule has 1 aliphatic heterocycles. The molecule has 22 heavy (non-hydrogen) atoms. The number of rotatable bonds is 6. The zero-order valence-electron chi connectivity index (χ0n) is 13.3. The highest BCUT2D eigenvalue weighted by Gasteiger charge is 2.56. The monoisotopic (exact) mass is 303 g/mol. The number of ether oxygens (including phenoxy) is 1. The highest BCUT2D eigenvalue weighted by atomic mass is 16.5. The van der Waals surface area contributed by atoms with Gasteiger partial charge in [-0.25, -0.2) is 0 Å². The van der Waals surface area contributed by atoms with E-state index < -0.39 is 5.92 Å². The lowest BCUT2D eigenvalue weighted by atomic mass is 10.0. The van der Waals surface area contributed by atoms with Crippen LogP contribution in [0.15, 0.2) is 30.3 Å². The van der Waals surface area contributed by atoms with E-state index in [9.17, 15) is 9.90 Å². The van der Waals surface area contributed by atoms with Crippen molar-refractivity contribution in [1.82, 2.24) is 4.90 Å². The highest BCUT2D eigenvalue weighted by molar-refractivity contribution is 5.78. The third-order valence-corrected chi connectivity index (χ3v) is 5.41. The minimum Gasteiger partial charge on any atom is -0.463 e. The van der Waals surface area contributed by atoms with Crippen LogP contribution in [-0.2, 0) is 9.53 Å². The van der Waals surface area contributed by atoms with Gasteiger partial charge in [0.2, 0.25) is 0 Å². The van der Waals surface area contributed by atoms with Gasteiger partial charge < -0.3 is 9.84 Å². The maximum Gasteiger partial charge on any atom is 0.315 e. The van der Waals surface area contributed by atoms with E-state index in [4.69, 9.17) is 4.74 Å². The number of likely N-dealkylation sites (N-methyl/N-ethyl adjacent to an activating group) is 1. The summed E-state index contributed by atoms with van der Waals surface area (Å²) in [7, 11) is 2.14. The van der Waals surface area contributed by atoms with Crippen LogP contribution in [0.2, 0.25) is 0 Å². The van der Waals surface area contributed by atoms with Gasteiger partial charge in [0.15, 0.2) is 0 Å². The topological polar surface area (TPSA) is 49.8 Å². The Kier molecular flexibility index (Phi) is 4.50. The fraction of sp³-hybridized carbons (Fsp3) is 0.611. The molecule has 1 aliphatic carbocycles. The molecule has 0 spiro atoms. The molecule has 0 aromatic heterocycles. The van der Waals surface area contributed by atoms with E-state index in [1.54, 1.807) is 0 Å². The Bertz CT molecular complexity index is 518. The van der Waals surface area contributed by atoms with Gasteiger partial charge in [0.1, 0.15) is 12.5 Å². The molecule has 1 heterocycles. The first-order valence-electron chi connectivity index (χ1n) is 8.21. The molecule has 120 valence electrons. The van der Waals surface area contributed by atoms with Crippen LogP contribution in [0, 0.1) is 11.8 Å². The molecule has 2 unspecified atom stereocenters. The van der Waals surface area contributed by atoms with Crippen LogP contribution in [0.5, 0.6) is 0 Å². The minimum atomic E-state index is -0.579. The van der Waals surface area contributed by atoms with Crippen molar-refractivity contribution < 1.29 is 14.6 Å². The summed E-state index contributed by atoms with van der Waals surface area (Å²) in [6.07, 6.45) is 2.43. The average Bonchev–Trinajstić information content (AvgIpc) is 3.25. The molecule has 3 rings (SSSR count). The SMILES string of the molecule is CCC1[C@H]2C[C@H]2C(COC(=O)[C@H](CO)c2ccccc2)N1C. The molecule has 1 aromatic carbocycles. The van der Waals surface area contributed by atoms with Gasteiger partial charge in [-0.15, -0.1) is 0 Å². The van der Waals surface area contributed by atoms with Crippen molar-refractivity contribution in [3.63, 3.8) is 0 Å². The van der Waals surface area contributed by atoms with Crippen LogP contribution >= 0.6 is 0 Å². The van der Waals surface area contributed by atoms with E-state index in [0.717, 1.165) is 17.9 Å². The van der Waals surface area contributed by atoms with E-state index in [-0.39, 0.29) is 12.6 Å².